The Bertz CT molecular complexity index is 1380. The molecule has 2 aromatic heterocycles. The molecule has 0 bridgehead atoms. The van der Waals surface area contributed by atoms with Crippen molar-refractivity contribution >= 4 is 44.9 Å². The lowest BCUT2D eigenvalue weighted by atomic mass is 9.98. The van der Waals surface area contributed by atoms with E-state index in [9.17, 15) is 9.59 Å². The lowest BCUT2D eigenvalue weighted by Gasteiger charge is -2.22. The Kier molecular flexibility index (Phi) is 4.87. The van der Waals surface area contributed by atoms with Gasteiger partial charge in [0.1, 0.15) is 10.6 Å². The predicted molar refractivity (Wildman–Crippen MR) is 121 cm³/mol. The summed E-state index contributed by atoms with van der Waals surface area (Å²) in [5, 5.41) is 10.7. The second-order valence-corrected chi connectivity index (χ2v) is 8.80. The van der Waals surface area contributed by atoms with Crippen molar-refractivity contribution in [2.45, 2.75) is 32.7 Å². The van der Waals surface area contributed by atoms with E-state index in [0.29, 0.717) is 33.1 Å². The van der Waals surface area contributed by atoms with Gasteiger partial charge in [0.25, 0.3) is 5.91 Å². The number of hydrogen-bond acceptors (Lipinski definition) is 6. The van der Waals surface area contributed by atoms with E-state index in [-0.39, 0.29) is 11.2 Å². The third kappa shape index (κ3) is 3.16. The average molecular weight is 452 g/mol. The van der Waals surface area contributed by atoms with E-state index >= 15 is 0 Å². The number of fused-ring (bicyclic) bond motifs is 2. The van der Waals surface area contributed by atoms with E-state index in [1.165, 1.54) is 16.2 Å². The Morgan fingerprint density at radius 2 is 1.84 bits per heavy atom. The van der Waals surface area contributed by atoms with Crippen LogP contribution >= 0.6 is 22.9 Å². The molecule has 0 aliphatic carbocycles. The molecular weight excluding hydrogens is 434 g/mol. The van der Waals surface area contributed by atoms with Crippen molar-refractivity contribution in [3.8, 4) is 0 Å². The van der Waals surface area contributed by atoms with Gasteiger partial charge in [0.05, 0.1) is 17.0 Å². The summed E-state index contributed by atoms with van der Waals surface area (Å²) < 4.78 is 6.00. The summed E-state index contributed by atoms with van der Waals surface area (Å²) in [6.45, 7) is 4.00. The molecule has 5 rings (SSSR count). The molecule has 2 aromatic carbocycles. The summed E-state index contributed by atoms with van der Waals surface area (Å²) in [7, 11) is 0. The van der Waals surface area contributed by atoms with Gasteiger partial charge in [-0.15, -0.1) is 10.2 Å². The number of carbonyl (C=O) groups is 1. The number of aromatic nitrogens is 2. The highest BCUT2D eigenvalue weighted by atomic mass is 35.5. The van der Waals surface area contributed by atoms with Crippen molar-refractivity contribution in [1.82, 2.24) is 10.2 Å². The molecule has 1 atom stereocenters. The Balaban J connectivity index is 1.79. The molecule has 0 N–H and O–H groups in total. The van der Waals surface area contributed by atoms with E-state index in [4.69, 9.17) is 16.0 Å². The molecule has 0 spiro atoms. The number of rotatable bonds is 4. The monoisotopic (exact) mass is 451 g/mol. The van der Waals surface area contributed by atoms with Crippen molar-refractivity contribution in [1.29, 1.82) is 0 Å². The highest BCUT2D eigenvalue weighted by Gasteiger charge is 2.45. The van der Waals surface area contributed by atoms with Crippen LogP contribution in [-0.2, 0) is 12.8 Å². The predicted octanol–water partition coefficient (Wildman–Crippen LogP) is 5.17. The lowest BCUT2D eigenvalue weighted by molar-refractivity contribution is 0.0970. The largest absolute Gasteiger partial charge is 0.450 e. The van der Waals surface area contributed by atoms with E-state index in [1.54, 1.807) is 18.2 Å². The quantitative estimate of drug-likeness (QED) is 0.427. The third-order valence-corrected chi connectivity index (χ3v) is 6.81. The summed E-state index contributed by atoms with van der Waals surface area (Å²) >= 11 is 7.42. The van der Waals surface area contributed by atoms with Crippen LogP contribution < -0.4 is 10.3 Å². The van der Waals surface area contributed by atoms with Crippen LogP contribution in [0, 0.1) is 0 Å². The van der Waals surface area contributed by atoms with Crippen LogP contribution in [0.5, 0.6) is 0 Å². The van der Waals surface area contributed by atoms with Crippen molar-refractivity contribution in [3.05, 3.63) is 85.2 Å². The van der Waals surface area contributed by atoms with Gasteiger partial charge in [-0.05, 0) is 48.2 Å². The molecule has 1 amide bonds. The van der Waals surface area contributed by atoms with Crippen LogP contribution in [0.15, 0.2) is 51.7 Å². The Labute approximate surface area is 187 Å². The summed E-state index contributed by atoms with van der Waals surface area (Å²) in [5.74, 6) is -0.345. The minimum Gasteiger partial charge on any atom is -0.450 e. The van der Waals surface area contributed by atoms with E-state index in [0.717, 1.165) is 22.6 Å². The van der Waals surface area contributed by atoms with Crippen LogP contribution in [0.2, 0.25) is 5.02 Å². The highest BCUT2D eigenvalue weighted by Crippen LogP contribution is 2.42. The standard InChI is InChI=1S/C23H18ClN3O3S/c1-3-12-5-10-16-15(11-12)20(28)18-19(13-6-8-14(24)9-7-13)27(22(29)21(18)30-16)23-26-25-17(4-2)31-23/h5-11,19H,3-4H2,1-2H3. The highest BCUT2D eigenvalue weighted by molar-refractivity contribution is 7.15. The van der Waals surface area contributed by atoms with Gasteiger partial charge in [-0.1, -0.05) is 55.0 Å². The fourth-order valence-electron chi connectivity index (χ4n) is 3.88. The molecule has 4 aromatic rings. The first-order valence-corrected chi connectivity index (χ1v) is 11.2. The maximum Gasteiger partial charge on any atom is 0.297 e. The molecule has 1 aliphatic rings. The van der Waals surface area contributed by atoms with Gasteiger partial charge in [-0.3, -0.25) is 14.5 Å². The minimum atomic E-state index is -0.664. The molecule has 3 heterocycles. The molecule has 156 valence electrons. The number of aryl methyl sites for hydroxylation is 2. The zero-order chi connectivity index (χ0) is 21.7. The molecule has 0 saturated carbocycles. The van der Waals surface area contributed by atoms with Gasteiger partial charge in [0, 0.05) is 5.02 Å². The number of anilines is 1. The minimum absolute atomic E-state index is 0.0509. The summed E-state index contributed by atoms with van der Waals surface area (Å²) in [5.41, 5.74) is 2.30. The van der Waals surface area contributed by atoms with Crippen LogP contribution in [-0.4, -0.2) is 16.1 Å². The Morgan fingerprint density at radius 3 is 2.52 bits per heavy atom. The van der Waals surface area contributed by atoms with Gasteiger partial charge in [0.15, 0.2) is 5.43 Å². The Morgan fingerprint density at radius 1 is 1.06 bits per heavy atom. The van der Waals surface area contributed by atoms with E-state index in [2.05, 4.69) is 10.2 Å². The number of benzene rings is 2. The van der Waals surface area contributed by atoms with Gasteiger partial charge in [-0.25, -0.2) is 0 Å². The third-order valence-electron chi connectivity index (χ3n) is 5.49. The first-order valence-electron chi connectivity index (χ1n) is 10.0. The zero-order valence-electron chi connectivity index (χ0n) is 16.9. The van der Waals surface area contributed by atoms with E-state index in [1.807, 2.05) is 38.1 Å². The summed E-state index contributed by atoms with van der Waals surface area (Å²) in [6.07, 6.45) is 1.50. The fraction of sp³-hybridized carbons (Fsp3) is 0.217. The first kappa shape index (κ1) is 19.9. The molecule has 0 fully saturated rings. The van der Waals surface area contributed by atoms with Crippen LogP contribution in [0.25, 0.3) is 11.0 Å². The van der Waals surface area contributed by atoms with Gasteiger partial charge < -0.3 is 4.42 Å². The number of carbonyl (C=O) groups excluding carboxylic acids is 1. The topological polar surface area (TPSA) is 76.3 Å². The first-order chi connectivity index (χ1) is 15.0. The molecule has 0 saturated heterocycles. The SMILES string of the molecule is CCc1ccc2oc3c(c(=O)c2c1)C(c1ccc(Cl)cc1)N(c1nnc(CC)s1)C3=O. The van der Waals surface area contributed by atoms with Crippen molar-refractivity contribution in [2.75, 3.05) is 4.90 Å². The second-order valence-electron chi connectivity index (χ2n) is 7.32. The molecule has 0 radical (unpaired) electrons. The maximum absolute atomic E-state index is 13.6. The van der Waals surface area contributed by atoms with Crippen molar-refractivity contribution < 1.29 is 9.21 Å². The molecule has 31 heavy (non-hydrogen) atoms. The van der Waals surface area contributed by atoms with Crippen molar-refractivity contribution in [3.63, 3.8) is 0 Å². The average Bonchev–Trinajstić information content (AvgIpc) is 3.37. The van der Waals surface area contributed by atoms with Crippen molar-refractivity contribution in [2.24, 2.45) is 0 Å². The van der Waals surface area contributed by atoms with Gasteiger partial charge >= 0.3 is 0 Å². The number of halogens is 1. The normalized spacial score (nSPS) is 15.6. The maximum atomic E-state index is 13.6. The zero-order valence-corrected chi connectivity index (χ0v) is 18.5. The molecule has 8 heteroatoms. The number of hydrogen-bond donors (Lipinski definition) is 0. The van der Waals surface area contributed by atoms with Crippen LogP contribution in [0.4, 0.5) is 5.13 Å². The van der Waals surface area contributed by atoms with E-state index < -0.39 is 11.9 Å². The smallest absolute Gasteiger partial charge is 0.297 e. The number of amides is 1. The fourth-order valence-corrected chi connectivity index (χ4v) is 4.81. The van der Waals surface area contributed by atoms with Crippen LogP contribution in [0.3, 0.4) is 0 Å². The summed E-state index contributed by atoms with van der Waals surface area (Å²) in [4.78, 5) is 28.6. The summed E-state index contributed by atoms with van der Waals surface area (Å²) in [6, 6.07) is 12.0. The van der Waals surface area contributed by atoms with Gasteiger partial charge in [0.2, 0.25) is 10.9 Å². The molecule has 1 unspecified atom stereocenters. The van der Waals surface area contributed by atoms with Crippen LogP contribution in [0.1, 0.15) is 52.1 Å². The second kappa shape index (κ2) is 7.59. The van der Waals surface area contributed by atoms with Gasteiger partial charge in [-0.2, -0.15) is 0 Å². The Hall–Kier alpha value is -3.03. The molecule has 6 nitrogen and oxygen atoms in total. The number of nitrogens with zero attached hydrogens (tertiary/aromatic N) is 3. The molecule has 1 aliphatic heterocycles. The molecular formula is C23H18ClN3O3S. The lowest BCUT2D eigenvalue weighted by Crippen LogP contribution is -2.29.